The molecule has 0 amide bonds. The molecule has 2 aromatic carbocycles. The Morgan fingerprint density at radius 2 is 1.90 bits per heavy atom. The highest BCUT2D eigenvalue weighted by atomic mass is 16.5. The summed E-state index contributed by atoms with van der Waals surface area (Å²) in [4.78, 5) is 2.35. The van der Waals surface area contributed by atoms with E-state index >= 15 is 0 Å². The first-order chi connectivity index (χ1) is 10.3. The first kappa shape index (κ1) is 13.8. The summed E-state index contributed by atoms with van der Waals surface area (Å²) in [6.07, 6.45) is 0. The van der Waals surface area contributed by atoms with Crippen LogP contribution in [-0.4, -0.2) is 31.2 Å². The molecule has 4 heteroatoms. The maximum atomic E-state index is 5.76. The number of nitrogen functional groups attached to an aromatic ring is 1. The van der Waals surface area contributed by atoms with E-state index in [1.165, 1.54) is 5.56 Å². The molecule has 1 aliphatic heterocycles. The minimum Gasteiger partial charge on any atom is -0.492 e. The van der Waals surface area contributed by atoms with Gasteiger partial charge in [-0.3, -0.25) is 4.90 Å². The molecule has 2 aromatic rings. The second-order valence-corrected chi connectivity index (χ2v) is 5.15. The molecule has 0 atom stereocenters. The SMILES string of the molecule is Nc1ccc(OCCN2CCOc3ccccc3C2)cc1. The van der Waals surface area contributed by atoms with Crippen molar-refractivity contribution in [2.75, 3.05) is 32.0 Å². The van der Waals surface area contributed by atoms with Crippen LogP contribution in [0, 0.1) is 0 Å². The molecule has 0 bridgehead atoms. The maximum absolute atomic E-state index is 5.76. The summed E-state index contributed by atoms with van der Waals surface area (Å²) in [5, 5.41) is 0. The highest BCUT2D eigenvalue weighted by Gasteiger charge is 2.14. The summed E-state index contributed by atoms with van der Waals surface area (Å²) in [5.41, 5.74) is 7.65. The number of nitrogens with two attached hydrogens (primary N) is 1. The zero-order chi connectivity index (χ0) is 14.5. The topological polar surface area (TPSA) is 47.7 Å². The quantitative estimate of drug-likeness (QED) is 0.877. The predicted octanol–water partition coefficient (Wildman–Crippen LogP) is 2.54. The molecule has 0 spiro atoms. The van der Waals surface area contributed by atoms with Crippen LogP contribution < -0.4 is 15.2 Å². The maximum Gasteiger partial charge on any atom is 0.123 e. The van der Waals surface area contributed by atoms with Crippen LogP contribution in [0.5, 0.6) is 11.5 Å². The Morgan fingerprint density at radius 3 is 2.76 bits per heavy atom. The predicted molar refractivity (Wildman–Crippen MR) is 83.6 cm³/mol. The fourth-order valence-corrected chi connectivity index (χ4v) is 2.43. The minimum atomic E-state index is 0.659. The van der Waals surface area contributed by atoms with Gasteiger partial charge in [0.05, 0.1) is 0 Å². The van der Waals surface area contributed by atoms with Crippen molar-refractivity contribution < 1.29 is 9.47 Å². The second-order valence-electron chi connectivity index (χ2n) is 5.15. The summed E-state index contributed by atoms with van der Waals surface area (Å²) in [5.74, 6) is 1.86. The lowest BCUT2D eigenvalue weighted by molar-refractivity contribution is 0.186. The third-order valence-electron chi connectivity index (χ3n) is 3.59. The Bertz CT molecular complexity index is 584. The van der Waals surface area contributed by atoms with Crippen LogP contribution in [-0.2, 0) is 6.54 Å². The lowest BCUT2D eigenvalue weighted by atomic mass is 10.2. The Hall–Kier alpha value is -2.20. The Kier molecular flexibility index (Phi) is 4.26. The molecule has 0 aliphatic carbocycles. The molecule has 0 unspecified atom stereocenters. The van der Waals surface area contributed by atoms with E-state index in [9.17, 15) is 0 Å². The van der Waals surface area contributed by atoms with Gasteiger partial charge in [0, 0.05) is 30.9 Å². The summed E-state index contributed by atoms with van der Waals surface area (Å²) < 4.78 is 11.5. The van der Waals surface area contributed by atoms with Crippen molar-refractivity contribution in [3.8, 4) is 11.5 Å². The van der Waals surface area contributed by atoms with E-state index in [2.05, 4.69) is 17.0 Å². The smallest absolute Gasteiger partial charge is 0.123 e. The van der Waals surface area contributed by atoms with Crippen molar-refractivity contribution in [3.63, 3.8) is 0 Å². The first-order valence-electron chi connectivity index (χ1n) is 7.23. The molecule has 2 N–H and O–H groups in total. The number of rotatable bonds is 4. The molecule has 0 aromatic heterocycles. The number of anilines is 1. The lowest BCUT2D eigenvalue weighted by Crippen LogP contribution is -2.30. The van der Waals surface area contributed by atoms with Gasteiger partial charge in [-0.05, 0) is 30.3 Å². The highest BCUT2D eigenvalue weighted by Crippen LogP contribution is 2.22. The van der Waals surface area contributed by atoms with Crippen LogP contribution in [0.1, 0.15) is 5.56 Å². The van der Waals surface area contributed by atoms with E-state index in [1.54, 1.807) is 0 Å². The van der Waals surface area contributed by atoms with Gasteiger partial charge in [-0.25, -0.2) is 0 Å². The normalized spacial score (nSPS) is 14.9. The minimum absolute atomic E-state index is 0.659. The summed E-state index contributed by atoms with van der Waals surface area (Å²) in [6.45, 7) is 4.08. The zero-order valence-corrected chi connectivity index (χ0v) is 12.0. The fourth-order valence-electron chi connectivity index (χ4n) is 2.43. The van der Waals surface area contributed by atoms with E-state index < -0.39 is 0 Å². The van der Waals surface area contributed by atoms with Crippen molar-refractivity contribution in [2.24, 2.45) is 0 Å². The molecule has 4 nitrogen and oxygen atoms in total. The van der Waals surface area contributed by atoms with Crippen LogP contribution in [0.2, 0.25) is 0 Å². The van der Waals surface area contributed by atoms with Crippen molar-refractivity contribution in [1.82, 2.24) is 4.90 Å². The molecule has 0 saturated carbocycles. The van der Waals surface area contributed by atoms with Gasteiger partial charge in [0.15, 0.2) is 0 Å². The largest absolute Gasteiger partial charge is 0.492 e. The number of benzene rings is 2. The monoisotopic (exact) mass is 284 g/mol. The van der Waals surface area contributed by atoms with Gasteiger partial charge >= 0.3 is 0 Å². The van der Waals surface area contributed by atoms with Crippen molar-refractivity contribution in [3.05, 3.63) is 54.1 Å². The van der Waals surface area contributed by atoms with E-state index in [1.807, 2.05) is 36.4 Å². The number of hydrogen-bond acceptors (Lipinski definition) is 4. The van der Waals surface area contributed by atoms with Gasteiger partial charge in [0.25, 0.3) is 0 Å². The van der Waals surface area contributed by atoms with Crippen molar-refractivity contribution in [2.45, 2.75) is 6.54 Å². The van der Waals surface area contributed by atoms with Gasteiger partial charge in [-0.15, -0.1) is 0 Å². The first-order valence-corrected chi connectivity index (χ1v) is 7.23. The third kappa shape index (κ3) is 3.67. The van der Waals surface area contributed by atoms with Crippen molar-refractivity contribution in [1.29, 1.82) is 0 Å². The van der Waals surface area contributed by atoms with Gasteiger partial charge in [-0.1, -0.05) is 18.2 Å². The average Bonchev–Trinajstić information content (AvgIpc) is 2.71. The molecule has 0 saturated heterocycles. The molecule has 0 fully saturated rings. The molecule has 0 radical (unpaired) electrons. The molecule has 1 heterocycles. The van der Waals surface area contributed by atoms with Crippen LogP contribution in [0.3, 0.4) is 0 Å². The van der Waals surface area contributed by atoms with E-state index in [0.29, 0.717) is 6.61 Å². The summed E-state index contributed by atoms with van der Waals surface area (Å²) >= 11 is 0. The van der Waals surface area contributed by atoms with Gasteiger partial charge in [0.2, 0.25) is 0 Å². The average molecular weight is 284 g/mol. The number of hydrogen-bond donors (Lipinski definition) is 1. The van der Waals surface area contributed by atoms with Gasteiger partial charge in [-0.2, -0.15) is 0 Å². The third-order valence-corrected chi connectivity index (χ3v) is 3.59. The van der Waals surface area contributed by atoms with Gasteiger partial charge < -0.3 is 15.2 Å². The fraction of sp³-hybridized carbons (Fsp3) is 0.294. The van der Waals surface area contributed by atoms with Crippen LogP contribution >= 0.6 is 0 Å². The molecular formula is C17H20N2O2. The molecule has 110 valence electrons. The van der Waals surface area contributed by atoms with Crippen molar-refractivity contribution >= 4 is 5.69 Å². The van der Waals surface area contributed by atoms with Gasteiger partial charge in [0.1, 0.15) is 24.7 Å². The Labute approximate surface area is 125 Å². The standard InChI is InChI=1S/C17H20N2O2/c18-15-5-7-16(8-6-15)20-11-9-19-10-12-21-17-4-2-1-3-14(17)13-19/h1-8H,9-13,18H2. The number of ether oxygens (including phenoxy) is 2. The van der Waals surface area contributed by atoms with Crippen LogP contribution in [0.25, 0.3) is 0 Å². The lowest BCUT2D eigenvalue weighted by Gasteiger charge is -2.19. The number of para-hydroxylation sites is 1. The van der Waals surface area contributed by atoms with E-state index in [-0.39, 0.29) is 0 Å². The van der Waals surface area contributed by atoms with Crippen LogP contribution in [0.15, 0.2) is 48.5 Å². The number of fused-ring (bicyclic) bond motifs is 1. The van der Waals surface area contributed by atoms with E-state index in [4.69, 9.17) is 15.2 Å². The zero-order valence-electron chi connectivity index (χ0n) is 12.0. The molecule has 21 heavy (non-hydrogen) atoms. The molecule has 1 aliphatic rings. The van der Waals surface area contributed by atoms with E-state index in [0.717, 1.165) is 43.4 Å². The molecular weight excluding hydrogens is 264 g/mol. The summed E-state index contributed by atoms with van der Waals surface area (Å²) in [7, 11) is 0. The second kappa shape index (κ2) is 6.50. The molecule has 3 rings (SSSR count). The Balaban J connectivity index is 1.53. The highest BCUT2D eigenvalue weighted by molar-refractivity contribution is 5.41. The summed E-state index contributed by atoms with van der Waals surface area (Å²) in [6, 6.07) is 15.7. The Morgan fingerprint density at radius 1 is 1.10 bits per heavy atom. The number of nitrogens with zero attached hydrogens (tertiary/aromatic N) is 1. The van der Waals surface area contributed by atoms with Crippen LogP contribution in [0.4, 0.5) is 5.69 Å².